The van der Waals surface area contributed by atoms with Crippen molar-refractivity contribution in [3.63, 3.8) is 0 Å². The maximum absolute atomic E-state index is 14.9. The van der Waals surface area contributed by atoms with E-state index in [-0.39, 0.29) is 40.3 Å². The third-order valence-corrected chi connectivity index (χ3v) is 7.27. The lowest BCUT2D eigenvalue weighted by molar-refractivity contribution is -0.124. The molecule has 0 atom stereocenters. The Morgan fingerprint density at radius 2 is 1.87 bits per heavy atom. The molecule has 39 heavy (non-hydrogen) atoms. The van der Waals surface area contributed by atoms with Gasteiger partial charge in [0, 0.05) is 30.6 Å². The van der Waals surface area contributed by atoms with Gasteiger partial charge >= 0.3 is 5.69 Å². The van der Waals surface area contributed by atoms with E-state index >= 15 is 0 Å². The summed E-state index contributed by atoms with van der Waals surface area (Å²) in [6, 6.07) is 10.1. The summed E-state index contributed by atoms with van der Waals surface area (Å²) < 4.78 is 43.8. The van der Waals surface area contributed by atoms with Crippen LogP contribution in [-0.4, -0.2) is 54.5 Å². The highest BCUT2D eigenvalue weighted by Crippen LogP contribution is 2.33. The molecule has 1 heterocycles. The van der Waals surface area contributed by atoms with E-state index in [2.05, 4.69) is 15.0 Å². The summed E-state index contributed by atoms with van der Waals surface area (Å²) in [6.07, 6.45) is 2.20. The Hall–Kier alpha value is -3.53. The van der Waals surface area contributed by atoms with E-state index in [4.69, 9.17) is 0 Å². The quantitative estimate of drug-likeness (QED) is 0.226. The van der Waals surface area contributed by atoms with Crippen molar-refractivity contribution in [2.75, 3.05) is 30.4 Å². The number of sulfonamides is 1. The van der Waals surface area contributed by atoms with Gasteiger partial charge in [0.2, 0.25) is 15.9 Å². The smallest absolute Gasteiger partial charge is 0.337 e. The number of hydrogen-bond donors (Lipinski definition) is 2. The fraction of sp³-hybridized carbons (Fsp3) is 0.280. The number of anilines is 2. The van der Waals surface area contributed by atoms with Gasteiger partial charge in [0.1, 0.15) is 22.9 Å². The van der Waals surface area contributed by atoms with Crippen LogP contribution in [0.3, 0.4) is 0 Å². The predicted molar refractivity (Wildman–Crippen MR) is 156 cm³/mol. The minimum atomic E-state index is -3.61. The molecular weight excluding hydrogens is 642 g/mol. The third-order valence-electron chi connectivity index (χ3n) is 6.00. The Bertz CT molecular complexity index is 1730. The van der Waals surface area contributed by atoms with E-state index in [9.17, 15) is 27.2 Å². The number of nitrogens with zero attached hydrogens (tertiary/aromatic N) is 4. The van der Waals surface area contributed by atoms with Gasteiger partial charge in [-0.1, -0.05) is 6.07 Å². The average molecular weight is 668 g/mol. The highest BCUT2D eigenvalue weighted by molar-refractivity contribution is 14.1. The second kappa shape index (κ2) is 10.9. The number of amidine groups is 1. The minimum absolute atomic E-state index is 0.00354. The number of carbonyl (C=O) groups excluding carboxylic acids is 1. The summed E-state index contributed by atoms with van der Waals surface area (Å²) >= 11 is 1.95. The van der Waals surface area contributed by atoms with Crippen LogP contribution in [0.1, 0.15) is 31.4 Å². The Morgan fingerprint density at radius 1 is 1.18 bits per heavy atom. The third kappa shape index (κ3) is 6.06. The van der Waals surface area contributed by atoms with Crippen LogP contribution in [0.25, 0.3) is 5.69 Å². The van der Waals surface area contributed by atoms with Crippen molar-refractivity contribution in [2.45, 2.75) is 25.8 Å². The number of carbonyl (C=O) groups is 1. The standard InChI is InChI=1S/C25H26FIN6O5S/c1-14(34)31(3)23(29-20-11-8-15(27)12-19(20)26)21-22(28-2)32(25(36)33(24(21)35)17-9-10-17)18-7-5-6-16(13-18)30-39(4,37)38/h5-8,11-13,17,28,30H,9-10H2,1-4H3. The van der Waals surface area contributed by atoms with Gasteiger partial charge in [-0.05, 0) is 71.8 Å². The molecule has 0 spiro atoms. The maximum atomic E-state index is 14.9. The molecule has 0 radical (unpaired) electrons. The number of halogens is 2. The molecule has 0 bridgehead atoms. The molecule has 1 aromatic heterocycles. The summed E-state index contributed by atoms with van der Waals surface area (Å²) in [6.45, 7) is 1.27. The topological polar surface area (TPSA) is 135 Å². The van der Waals surface area contributed by atoms with E-state index in [0.29, 0.717) is 16.4 Å². The summed E-state index contributed by atoms with van der Waals surface area (Å²) in [7, 11) is -0.720. The monoisotopic (exact) mass is 668 g/mol. The van der Waals surface area contributed by atoms with E-state index in [1.54, 1.807) is 18.2 Å². The maximum Gasteiger partial charge on any atom is 0.337 e. The zero-order valence-corrected chi connectivity index (χ0v) is 24.5. The summed E-state index contributed by atoms with van der Waals surface area (Å²) in [5.41, 5.74) is -1.12. The Morgan fingerprint density at radius 3 is 2.44 bits per heavy atom. The van der Waals surface area contributed by atoms with Crippen molar-refractivity contribution in [1.29, 1.82) is 0 Å². The highest BCUT2D eigenvalue weighted by Gasteiger charge is 2.33. The minimum Gasteiger partial charge on any atom is -0.373 e. The molecule has 1 amide bonds. The summed E-state index contributed by atoms with van der Waals surface area (Å²) in [5.74, 6) is -1.30. The molecule has 0 unspecified atom stereocenters. The van der Waals surface area contributed by atoms with Crippen LogP contribution in [0.2, 0.25) is 0 Å². The van der Waals surface area contributed by atoms with Crippen molar-refractivity contribution in [2.24, 2.45) is 4.99 Å². The molecule has 2 aromatic carbocycles. The van der Waals surface area contributed by atoms with Gasteiger partial charge in [-0.15, -0.1) is 0 Å². The highest BCUT2D eigenvalue weighted by atomic mass is 127. The molecule has 3 aromatic rings. The number of amides is 1. The molecule has 11 nitrogen and oxygen atoms in total. The Balaban J connectivity index is 2.10. The number of aliphatic imine (C=N–C) groups is 1. The van der Waals surface area contributed by atoms with Crippen LogP contribution in [0, 0.1) is 9.39 Å². The summed E-state index contributed by atoms with van der Waals surface area (Å²) in [4.78, 5) is 45.7. The number of benzene rings is 2. The lowest BCUT2D eigenvalue weighted by Crippen LogP contribution is -2.46. The molecule has 4 rings (SSSR count). The van der Waals surface area contributed by atoms with Gasteiger partial charge in [-0.2, -0.15) is 0 Å². The molecule has 14 heteroatoms. The molecule has 0 saturated heterocycles. The number of nitrogens with one attached hydrogen (secondary N) is 2. The first-order chi connectivity index (χ1) is 18.3. The molecular formula is C25H26FIN6O5S. The van der Waals surface area contributed by atoms with Crippen LogP contribution in [0.4, 0.5) is 21.6 Å². The molecule has 0 aliphatic heterocycles. The number of aromatic nitrogens is 2. The lowest BCUT2D eigenvalue weighted by Gasteiger charge is -2.24. The largest absolute Gasteiger partial charge is 0.373 e. The van der Waals surface area contributed by atoms with E-state index in [1.165, 1.54) is 49.9 Å². The molecule has 1 aliphatic rings. The predicted octanol–water partition coefficient (Wildman–Crippen LogP) is 3.05. The normalized spacial score (nSPS) is 13.7. The van der Waals surface area contributed by atoms with Crippen molar-refractivity contribution < 1.29 is 17.6 Å². The van der Waals surface area contributed by atoms with Gasteiger partial charge in [-0.3, -0.25) is 23.8 Å². The number of rotatable bonds is 7. The molecule has 1 saturated carbocycles. The number of hydrogen-bond acceptors (Lipinski definition) is 7. The molecule has 1 aliphatic carbocycles. The van der Waals surface area contributed by atoms with Crippen LogP contribution in [0.5, 0.6) is 0 Å². The van der Waals surface area contributed by atoms with Crippen LogP contribution in [-0.2, 0) is 14.8 Å². The van der Waals surface area contributed by atoms with Crippen LogP contribution in [0.15, 0.2) is 57.0 Å². The van der Waals surface area contributed by atoms with Crippen molar-refractivity contribution in [1.82, 2.24) is 14.0 Å². The fourth-order valence-electron chi connectivity index (χ4n) is 4.01. The fourth-order valence-corrected chi connectivity index (χ4v) is 5.02. The van der Waals surface area contributed by atoms with Gasteiger partial charge in [0.05, 0.1) is 17.6 Å². The zero-order chi connectivity index (χ0) is 28.6. The SMILES string of the molecule is CNc1c(C(=Nc2ccc(I)cc2F)N(C)C(C)=O)c(=O)n(C2CC2)c(=O)n1-c1cccc(NS(C)(=O)=O)c1. The first-order valence-corrected chi connectivity index (χ1v) is 14.7. The van der Waals surface area contributed by atoms with Crippen LogP contribution >= 0.6 is 22.6 Å². The second-order valence-electron chi connectivity index (χ2n) is 9.03. The Labute approximate surface area is 237 Å². The van der Waals surface area contributed by atoms with Gasteiger partial charge in [0.15, 0.2) is 5.84 Å². The first-order valence-electron chi connectivity index (χ1n) is 11.8. The van der Waals surface area contributed by atoms with Crippen molar-refractivity contribution in [3.8, 4) is 5.69 Å². The molecule has 1 fully saturated rings. The Kier molecular flexibility index (Phi) is 7.97. The van der Waals surface area contributed by atoms with E-state index < -0.39 is 33.0 Å². The summed E-state index contributed by atoms with van der Waals surface area (Å²) in [5, 5.41) is 2.88. The first kappa shape index (κ1) is 28.5. The molecule has 206 valence electrons. The van der Waals surface area contributed by atoms with Gasteiger partial charge < -0.3 is 5.32 Å². The van der Waals surface area contributed by atoms with Crippen LogP contribution < -0.4 is 21.3 Å². The second-order valence-corrected chi connectivity index (χ2v) is 12.0. The molecule has 2 N–H and O–H groups in total. The zero-order valence-electron chi connectivity index (χ0n) is 21.5. The van der Waals surface area contributed by atoms with Gasteiger partial charge in [-0.25, -0.2) is 27.2 Å². The lowest BCUT2D eigenvalue weighted by atomic mass is 10.2. The average Bonchev–Trinajstić information content (AvgIpc) is 3.67. The van der Waals surface area contributed by atoms with E-state index in [0.717, 1.165) is 15.7 Å². The van der Waals surface area contributed by atoms with E-state index in [1.807, 2.05) is 22.6 Å². The van der Waals surface area contributed by atoms with Crippen molar-refractivity contribution >= 4 is 61.5 Å². The van der Waals surface area contributed by atoms with Crippen molar-refractivity contribution in [3.05, 3.63) is 78.3 Å². The van der Waals surface area contributed by atoms with Gasteiger partial charge in [0.25, 0.3) is 5.56 Å².